The Morgan fingerprint density at radius 1 is 1.17 bits per heavy atom. The molecule has 1 N–H and O–H groups in total. The fraction of sp³-hybridized carbons (Fsp3) is 0.536. The lowest BCUT2D eigenvalue weighted by Gasteiger charge is -2.44. The second-order valence-corrected chi connectivity index (χ2v) is 10.2. The van der Waals surface area contributed by atoms with Crippen LogP contribution in [0.2, 0.25) is 0 Å². The molecule has 1 fully saturated rings. The number of thiocarbonyl (C=S) groups is 1. The Morgan fingerprint density at radius 2 is 1.97 bits per heavy atom. The van der Waals surface area contributed by atoms with Crippen molar-refractivity contribution in [3.8, 4) is 11.5 Å². The molecule has 2 aromatic rings. The molecule has 0 aliphatic carbocycles. The standard InChI is InChI=1S/C28H39N3O3S/c1-5-21-8-7-9-22(18-21)29-27(35)31(13-12-30-14-16-32-17-15-30)25-20-28(3,4)34-26-11-10-23(33-6-2)19-24(25)26/h7-11,18-19,25H,5-6,12-17,20H2,1-4H3,(H,29,35)/t25-/m1/s1. The van der Waals surface area contributed by atoms with Crippen LogP contribution in [0, 0.1) is 0 Å². The predicted molar refractivity (Wildman–Crippen MR) is 146 cm³/mol. The zero-order chi connectivity index (χ0) is 24.8. The summed E-state index contributed by atoms with van der Waals surface area (Å²) in [6.07, 6.45) is 1.82. The van der Waals surface area contributed by atoms with Crippen molar-refractivity contribution >= 4 is 23.0 Å². The van der Waals surface area contributed by atoms with Crippen LogP contribution in [0.5, 0.6) is 11.5 Å². The number of anilines is 1. The maximum absolute atomic E-state index is 6.38. The fourth-order valence-electron chi connectivity index (χ4n) is 4.87. The lowest BCUT2D eigenvalue weighted by atomic mass is 9.88. The van der Waals surface area contributed by atoms with Crippen molar-refractivity contribution in [3.63, 3.8) is 0 Å². The van der Waals surface area contributed by atoms with Gasteiger partial charge in [-0.3, -0.25) is 4.90 Å². The molecule has 2 aliphatic heterocycles. The summed E-state index contributed by atoms with van der Waals surface area (Å²) in [5.41, 5.74) is 3.14. The van der Waals surface area contributed by atoms with Gasteiger partial charge in [-0.2, -0.15) is 0 Å². The van der Waals surface area contributed by atoms with Crippen molar-refractivity contribution in [1.29, 1.82) is 0 Å². The van der Waals surface area contributed by atoms with E-state index in [1.54, 1.807) is 0 Å². The minimum atomic E-state index is -0.306. The van der Waals surface area contributed by atoms with E-state index in [1.807, 2.05) is 19.1 Å². The number of nitrogens with zero attached hydrogens (tertiary/aromatic N) is 2. The fourth-order valence-corrected chi connectivity index (χ4v) is 5.20. The Labute approximate surface area is 215 Å². The van der Waals surface area contributed by atoms with Gasteiger partial charge >= 0.3 is 0 Å². The van der Waals surface area contributed by atoms with Gasteiger partial charge in [0.1, 0.15) is 17.1 Å². The van der Waals surface area contributed by atoms with Crippen LogP contribution in [0.3, 0.4) is 0 Å². The van der Waals surface area contributed by atoms with Gasteiger partial charge in [-0.15, -0.1) is 0 Å². The molecular formula is C28H39N3O3S. The molecule has 1 atom stereocenters. The minimum absolute atomic E-state index is 0.0737. The van der Waals surface area contributed by atoms with E-state index in [2.05, 4.69) is 66.2 Å². The van der Waals surface area contributed by atoms with Crippen LogP contribution in [-0.4, -0.2) is 66.5 Å². The van der Waals surface area contributed by atoms with Crippen LogP contribution in [-0.2, 0) is 11.2 Å². The predicted octanol–water partition coefficient (Wildman–Crippen LogP) is 5.28. The summed E-state index contributed by atoms with van der Waals surface area (Å²) < 4.78 is 17.8. The van der Waals surface area contributed by atoms with Crippen molar-refractivity contribution in [2.24, 2.45) is 0 Å². The molecule has 2 aliphatic rings. The van der Waals surface area contributed by atoms with Gasteiger partial charge in [0.15, 0.2) is 5.11 Å². The molecule has 0 aromatic heterocycles. The summed E-state index contributed by atoms with van der Waals surface area (Å²) in [5, 5.41) is 4.28. The minimum Gasteiger partial charge on any atom is -0.494 e. The second kappa shape index (κ2) is 11.6. The lowest BCUT2D eigenvalue weighted by molar-refractivity contribution is 0.0266. The summed E-state index contributed by atoms with van der Waals surface area (Å²) in [6.45, 7) is 14.4. The first-order valence-corrected chi connectivity index (χ1v) is 13.2. The SMILES string of the molecule is CCOc1ccc2c(c1)[C@H](N(CCN1CCOCC1)C(=S)Nc1cccc(CC)c1)CC(C)(C)O2. The van der Waals surface area contributed by atoms with E-state index in [0.29, 0.717) is 6.61 Å². The number of aryl methyl sites for hydroxylation is 1. The first-order valence-electron chi connectivity index (χ1n) is 12.8. The highest BCUT2D eigenvalue weighted by Crippen LogP contribution is 2.44. The van der Waals surface area contributed by atoms with E-state index < -0.39 is 0 Å². The quantitative estimate of drug-likeness (QED) is 0.498. The summed E-state index contributed by atoms with van der Waals surface area (Å²) in [7, 11) is 0. The Hall–Kier alpha value is -2.35. The van der Waals surface area contributed by atoms with Gasteiger partial charge in [0, 0.05) is 43.9 Å². The normalized spacial score (nSPS) is 19.4. The van der Waals surface area contributed by atoms with E-state index in [1.165, 1.54) is 5.56 Å². The molecule has 2 aromatic carbocycles. The van der Waals surface area contributed by atoms with Crippen LogP contribution in [0.4, 0.5) is 5.69 Å². The van der Waals surface area contributed by atoms with Gasteiger partial charge in [0.05, 0.1) is 25.9 Å². The number of morpholine rings is 1. The lowest BCUT2D eigenvalue weighted by Crippen LogP contribution is -2.48. The number of hydrogen-bond donors (Lipinski definition) is 1. The topological polar surface area (TPSA) is 46.2 Å². The van der Waals surface area contributed by atoms with Gasteiger partial charge in [-0.05, 0) is 75.3 Å². The summed E-state index contributed by atoms with van der Waals surface area (Å²) in [5.74, 6) is 1.77. The Morgan fingerprint density at radius 3 is 2.71 bits per heavy atom. The highest BCUT2D eigenvalue weighted by molar-refractivity contribution is 7.80. The number of hydrogen-bond acceptors (Lipinski definition) is 5. The molecular weight excluding hydrogens is 458 g/mol. The molecule has 7 heteroatoms. The van der Waals surface area contributed by atoms with E-state index in [9.17, 15) is 0 Å². The monoisotopic (exact) mass is 497 g/mol. The number of fused-ring (bicyclic) bond motifs is 1. The van der Waals surface area contributed by atoms with Crippen LogP contribution in [0.25, 0.3) is 0 Å². The van der Waals surface area contributed by atoms with Crippen molar-refractivity contribution in [2.45, 2.75) is 52.2 Å². The Balaban J connectivity index is 1.64. The Bertz CT molecular complexity index is 1010. The Kier molecular flexibility index (Phi) is 8.52. The molecule has 0 radical (unpaired) electrons. The molecule has 0 amide bonds. The van der Waals surface area contributed by atoms with E-state index in [0.717, 1.165) is 80.1 Å². The van der Waals surface area contributed by atoms with Crippen molar-refractivity contribution < 1.29 is 14.2 Å². The molecule has 190 valence electrons. The van der Waals surface area contributed by atoms with Crippen LogP contribution in [0.15, 0.2) is 42.5 Å². The highest BCUT2D eigenvalue weighted by Gasteiger charge is 2.38. The molecule has 1 saturated heterocycles. The second-order valence-electron chi connectivity index (χ2n) is 9.85. The first-order chi connectivity index (χ1) is 16.9. The third-order valence-corrected chi connectivity index (χ3v) is 7.04. The molecule has 0 saturated carbocycles. The zero-order valence-corrected chi connectivity index (χ0v) is 22.3. The molecule has 2 heterocycles. The van der Waals surface area contributed by atoms with Crippen LogP contribution in [0.1, 0.15) is 51.3 Å². The molecule has 0 unspecified atom stereocenters. The maximum Gasteiger partial charge on any atom is 0.173 e. The van der Waals surface area contributed by atoms with Crippen molar-refractivity contribution in [1.82, 2.24) is 9.80 Å². The van der Waals surface area contributed by atoms with Crippen LogP contribution < -0.4 is 14.8 Å². The summed E-state index contributed by atoms with van der Waals surface area (Å²) >= 11 is 6.07. The third kappa shape index (κ3) is 6.66. The van der Waals surface area contributed by atoms with Gasteiger partial charge in [-0.25, -0.2) is 0 Å². The van der Waals surface area contributed by atoms with E-state index in [-0.39, 0.29) is 11.6 Å². The largest absolute Gasteiger partial charge is 0.494 e. The molecule has 6 nitrogen and oxygen atoms in total. The highest BCUT2D eigenvalue weighted by atomic mass is 32.1. The number of ether oxygens (including phenoxy) is 3. The van der Waals surface area contributed by atoms with Crippen molar-refractivity contribution in [2.75, 3.05) is 51.3 Å². The number of benzene rings is 2. The summed E-state index contributed by atoms with van der Waals surface area (Å²) in [4.78, 5) is 4.81. The molecule has 0 spiro atoms. The van der Waals surface area contributed by atoms with Gasteiger partial charge in [0.2, 0.25) is 0 Å². The smallest absolute Gasteiger partial charge is 0.173 e. The molecule has 4 rings (SSSR count). The van der Waals surface area contributed by atoms with Gasteiger partial charge in [0.25, 0.3) is 0 Å². The number of rotatable bonds is 8. The summed E-state index contributed by atoms with van der Waals surface area (Å²) in [6, 6.07) is 14.7. The number of nitrogens with one attached hydrogen (secondary N) is 1. The average Bonchev–Trinajstić information content (AvgIpc) is 2.85. The van der Waals surface area contributed by atoms with E-state index in [4.69, 9.17) is 26.4 Å². The zero-order valence-electron chi connectivity index (χ0n) is 21.5. The third-order valence-electron chi connectivity index (χ3n) is 6.71. The van der Waals surface area contributed by atoms with E-state index >= 15 is 0 Å². The van der Waals surface area contributed by atoms with Gasteiger partial charge < -0.3 is 24.4 Å². The molecule has 0 bridgehead atoms. The molecule has 35 heavy (non-hydrogen) atoms. The van der Waals surface area contributed by atoms with Crippen LogP contribution >= 0.6 is 12.2 Å². The average molecular weight is 498 g/mol. The van der Waals surface area contributed by atoms with Crippen molar-refractivity contribution in [3.05, 3.63) is 53.6 Å². The maximum atomic E-state index is 6.38. The van der Waals surface area contributed by atoms with Gasteiger partial charge in [-0.1, -0.05) is 19.1 Å². The first kappa shape index (κ1) is 25.7.